The molecule has 0 radical (unpaired) electrons. The van der Waals surface area contributed by atoms with Crippen LogP contribution in [0.2, 0.25) is 0 Å². The number of aromatic nitrogens is 2. The summed E-state index contributed by atoms with van der Waals surface area (Å²) in [5.41, 5.74) is 1.12. The molecule has 25 heavy (non-hydrogen) atoms. The number of nitrogens with zero attached hydrogens (tertiary/aromatic N) is 4. The second-order valence-electron chi connectivity index (χ2n) is 6.36. The number of nitrogens with one attached hydrogen (secondary N) is 1. The van der Waals surface area contributed by atoms with Gasteiger partial charge in [-0.3, -0.25) is 9.67 Å². The molecule has 1 saturated heterocycles. The molecule has 0 aromatic carbocycles. The van der Waals surface area contributed by atoms with Gasteiger partial charge in [0.25, 0.3) is 0 Å². The van der Waals surface area contributed by atoms with Crippen molar-refractivity contribution < 1.29 is 4.74 Å². The zero-order valence-electron chi connectivity index (χ0n) is 15.2. The quantitative estimate of drug-likeness (QED) is 0.657. The highest BCUT2D eigenvalue weighted by Crippen LogP contribution is 2.23. The summed E-state index contributed by atoms with van der Waals surface area (Å²) in [6.07, 6.45) is 3.95. The van der Waals surface area contributed by atoms with Crippen molar-refractivity contribution in [2.24, 2.45) is 12.0 Å². The maximum Gasteiger partial charge on any atom is 0.194 e. The number of morpholine rings is 1. The van der Waals surface area contributed by atoms with Crippen molar-refractivity contribution in [3.63, 3.8) is 0 Å². The fourth-order valence-corrected chi connectivity index (χ4v) is 3.74. The third-order valence-corrected chi connectivity index (χ3v) is 5.45. The lowest BCUT2D eigenvalue weighted by molar-refractivity contribution is -0.00804. The predicted molar refractivity (Wildman–Crippen MR) is 102 cm³/mol. The molecule has 3 rings (SSSR count). The van der Waals surface area contributed by atoms with Gasteiger partial charge < -0.3 is 15.0 Å². The lowest BCUT2D eigenvalue weighted by atomic mass is 10.1. The van der Waals surface area contributed by atoms with Crippen molar-refractivity contribution in [1.29, 1.82) is 0 Å². The Morgan fingerprint density at radius 2 is 2.44 bits per heavy atom. The Morgan fingerprint density at radius 3 is 3.12 bits per heavy atom. The van der Waals surface area contributed by atoms with Crippen molar-refractivity contribution in [3.05, 3.63) is 40.3 Å². The van der Waals surface area contributed by atoms with Gasteiger partial charge in [-0.25, -0.2) is 0 Å². The third-order valence-electron chi connectivity index (χ3n) is 4.34. The normalized spacial score (nSPS) is 19.9. The summed E-state index contributed by atoms with van der Waals surface area (Å²) in [5, 5.41) is 9.82. The van der Waals surface area contributed by atoms with Gasteiger partial charge in [-0.1, -0.05) is 13.0 Å². The van der Waals surface area contributed by atoms with Crippen molar-refractivity contribution in [1.82, 2.24) is 20.0 Å². The van der Waals surface area contributed by atoms with E-state index in [0.29, 0.717) is 12.5 Å². The number of aliphatic imine (C=N–C) groups is 1. The van der Waals surface area contributed by atoms with E-state index >= 15 is 0 Å². The van der Waals surface area contributed by atoms with Gasteiger partial charge in [0, 0.05) is 42.7 Å². The van der Waals surface area contributed by atoms with E-state index in [2.05, 4.69) is 46.7 Å². The van der Waals surface area contributed by atoms with Crippen LogP contribution in [-0.2, 0) is 11.8 Å². The van der Waals surface area contributed by atoms with Crippen LogP contribution >= 0.6 is 11.3 Å². The first-order chi connectivity index (χ1) is 12.2. The molecule has 0 saturated carbocycles. The Hall–Kier alpha value is -1.86. The molecule has 2 aromatic heterocycles. The average molecular weight is 362 g/mol. The van der Waals surface area contributed by atoms with Crippen molar-refractivity contribution >= 4 is 17.3 Å². The first-order valence-electron chi connectivity index (χ1n) is 8.84. The van der Waals surface area contributed by atoms with Crippen molar-refractivity contribution in [2.75, 3.05) is 32.8 Å². The van der Waals surface area contributed by atoms with Gasteiger partial charge in [-0.2, -0.15) is 5.10 Å². The molecule has 2 aromatic rings. The second kappa shape index (κ2) is 8.49. The summed E-state index contributed by atoms with van der Waals surface area (Å²) in [6.45, 7) is 8.35. The fraction of sp³-hybridized carbons (Fsp3) is 0.556. The molecule has 1 N–H and O–H groups in total. The van der Waals surface area contributed by atoms with E-state index in [1.165, 1.54) is 4.88 Å². The van der Waals surface area contributed by atoms with Gasteiger partial charge >= 0.3 is 0 Å². The molecule has 1 aliphatic rings. The van der Waals surface area contributed by atoms with Crippen LogP contribution in [0.3, 0.4) is 0 Å². The van der Waals surface area contributed by atoms with E-state index < -0.39 is 0 Å². The van der Waals surface area contributed by atoms with Gasteiger partial charge in [0.05, 0.1) is 25.9 Å². The maximum absolute atomic E-state index is 5.94. The van der Waals surface area contributed by atoms with Crippen LogP contribution in [0.4, 0.5) is 0 Å². The summed E-state index contributed by atoms with van der Waals surface area (Å²) >= 11 is 1.80. The molecular weight excluding hydrogens is 334 g/mol. The maximum atomic E-state index is 5.94. The number of aryl methyl sites for hydroxylation is 1. The van der Waals surface area contributed by atoms with E-state index in [0.717, 1.165) is 37.7 Å². The minimum Gasteiger partial charge on any atom is -0.370 e. The van der Waals surface area contributed by atoms with Crippen LogP contribution < -0.4 is 5.32 Å². The van der Waals surface area contributed by atoms with Gasteiger partial charge in [-0.05, 0) is 18.4 Å². The van der Waals surface area contributed by atoms with Crippen LogP contribution in [0.5, 0.6) is 0 Å². The topological polar surface area (TPSA) is 54.7 Å². The van der Waals surface area contributed by atoms with E-state index in [1.54, 1.807) is 11.3 Å². The van der Waals surface area contributed by atoms with Gasteiger partial charge in [-0.15, -0.1) is 11.3 Å². The number of hydrogen-bond donors (Lipinski definition) is 1. The average Bonchev–Trinajstić information content (AvgIpc) is 3.30. The van der Waals surface area contributed by atoms with Crippen LogP contribution in [-0.4, -0.2) is 53.4 Å². The lowest BCUT2D eigenvalue weighted by Crippen LogP contribution is -2.48. The van der Waals surface area contributed by atoms with Crippen molar-refractivity contribution in [3.8, 4) is 0 Å². The minimum absolute atomic E-state index is 0.0426. The summed E-state index contributed by atoms with van der Waals surface area (Å²) in [7, 11) is 1.93. The molecule has 0 aliphatic carbocycles. The zero-order valence-corrected chi connectivity index (χ0v) is 16.0. The first-order valence-corrected chi connectivity index (χ1v) is 9.72. The standard InChI is InChI=1S/C18H27N5OS/c1-4-19-18(20-10-14(2)17-6-5-9-25-17)23-7-8-24-16(13-23)15-11-21-22(3)12-15/h5-6,9,11-12,14,16H,4,7-8,10,13H2,1-3H3,(H,19,20). The van der Waals surface area contributed by atoms with E-state index in [1.807, 2.05) is 24.1 Å². The number of rotatable bonds is 5. The summed E-state index contributed by atoms with van der Waals surface area (Å²) in [4.78, 5) is 8.57. The molecule has 0 amide bonds. The Balaban J connectivity index is 1.67. The predicted octanol–water partition coefficient (Wildman–Crippen LogP) is 2.62. The molecule has 7 heteroatoms. The SMILES string of the molecule is CCNC(=NCC(C)c1cccs1)N1CCOC(c2cnn(C)c2)C1. The molecule has 2 atom stereocenters. The summed E-state index contributed by atoms with van der Waals surface area (Å²) in [6, 6.07) is 4.29. The highest BCUT2D eigenvalue weighted by Gasteiger charge is 2.25. The van der Waals surface area contributed by atoms with Crippen LogP contribution in [0.25, 0.3) is 0 Å². The Bertz CT molecular complexity index is 681. The van der Waals surface area contributed by atoms with Crippen LogP contribution in [0, 0.1) is 0 Å². The molecule has 0 bridgehead atoms. The van der Waals surface area contributed by atoms with Crippen molar-refractivity contribution in [2.45, 2.75) is 25.9 Å². The highest BCUT2D eigenvalue weighted by atomic mass is 32.1. The number of thiophene rings is 1. The largest absolute Gasteiger partial charge is 0.370 e. The summed E-state index contributed by atoms with van der Waals surface area (Å²) in [5.74, 6) is 1.41. The van der Waals surface area contributed by atoms with E-state index in [4.69, 9.17) is 9.73 Å². The van der Waals surface area contributed by atoms with Crippen LogP contribution in [0.1, 0.15) is 36.3 Å². The molecule has 3 heterocycles. The monoisotopic (exact) mass is 361 g/mol. The highest BCUT2D eigenvalue weighted by molar-refractivity contribution is 7.10. The zero-order chi connectivity index (χ0) is 17.6. The van der Waals surface area contributed by atoms with Crippen LogP contribution in [0.15, 0.2) is 34.9 Å². The van der Waals surface area contributed by atoms with Gasteiger partial charge in [0.1, 0.15) is 6.10 Å². The molecular formula is C18H27N5OS. The molecule has 0 spiro atoms. The Morgan fingerprint density at radius 1 is 1.56 bits per heavy atom. The number of guanidine groups is 1. The van der Waals surface area contributed by atoms with E-state index in [9.17, 15) is 0 Å². The minimum atomic E-state index is 0.0426. The second-order valence-corrected chi connectivity index (χ2v) is 7.34. The van der Waals surface area contributed by atoms with Gasteiger partial charge in [0.2, 0.25) is 0 Å². The first kappa shape index (κ1) is 17.9. The molecule has 1 fully saturated rings. The van der Waals surface area contributed by atoms with E-state index in [-0.39, 0.29) is 6.10 Å². The molecule has 1 aliphatic heterocycles. The van der Waals surface area contributed by atoms with Gasteiger partial charge in [0.15, 0.2) is 5.96 Å². The Kier molecular flexibility index (Phi) is 6.09. The molecule has 136 valence electrons. The summed E-state index contributed by atoms with van der Waals surface area (Å²) < 4.78 is 7.76. The third kappa shape index (κ3) is 4.61. The lowest BCUT2D eigenvalue weighted by Gasteiger charge is -2.35. The number of hydrogen-bond acceptors (Lipinski definition) is 4. The molecule has 2 unspecified atom stereocenters. The fourth-order valence-electron chi connectivity index (χ4n) is 2.96. The number of ether oxygens (including phenoxy) is 1. The smallest absolute Gasteiger partial charge is 0.194 e. The Labute approximate surface area is 153 Å². The molecule has 6 nitrogen and oxygen atoms in total.